The Morgan fingerprint density at radius 2 is 2.38 bits per heavy atom. The Morgan fingerprint density at radius 3 is 3.00 bits per heavy atom. The Labute approximate surface area is 94.3 Å². The second-order valence-electron chi connectivity index (χ2n) is 3.64. The third kappa shape index (κ3) is 4.59. The van der Waals surface area contributed by atoms with Crippen molar-refractivity contribution in [1.82, 2.24) is 10.6 Å². The Morgan fingerprint density at radius 1 is 1.56 bits per heavy atom. The van der Waals surface area contributed by atoms with Gasteiger partial charge in [-0.2, -0.15) is 0 Å². The van der Waals surface area contributed by atoms with Gasteiger partial charge in [0.05, 0.1) is 13.2 Å². The van der Waals surface area contributed by atoms with Gasteiger partial charge in [0.1, 0.15) is 6.04 Å². The first-order valence-corrected chi connectivity index (χ1v) is 5.49. The van der Waals surface area contributed by atoms with Crippen LogP contribution >= 0.6 is 0 Å². The molecule has 1 fully saturated rings. The normalized spacial score (nSPS) is 19.6. The van der Waals surface area contributed by atoms with Crippen LogP contribution in [0.3, 0.4) is 0 Å². The zero-order valence-corrected chi connectivity index (χ0v) is 9.20. The third-order valence-corrected chi connectivity index (χ3v) is 2.31. The van der Waals surface area contributed by atoms with E-state index in [4.69, 9.17) is 9.84 Å². The van der Waals surface area contributed by atoms with Crippen LogP contribution in [-0.2, 0) is 14.3 Å². The Bertz CT molecular complexity index is 245. The summed E-state index contributed by atoms with van der Waals surface area (Å²) >= 11 is 0. The molecule has 1 unspecified atom stereocenters. The summed E-state index contributed by atoms with van der Waals surface area (Å²) in [7, 11) is 0. The monoisotopic (exact) mass is 230 g/mol. The number of rotatable bonds is 7. The number of carbonyl (C=O) groups is 2. The number of nitrogens with one attached hydrogen (secondary N) is 2. The Balaban J connectivity index is 2.00. The van der Waals surface area contributed by atoms with E-state index in [0.29, 0.717) is 39.0 Å². The minimum absolute atomic E-state index is 0.0143. The molecule has 92 valence electrons. The molecule has 0 aromatic carbocycles. The number of aliphatic hydroxyl groups is 1. The van der Waals surface area contributed by atoms with Crippen LogP contribution in [0.2, 0.25) is 0 Å². The van der Waals surface area contributed by atoms with Gasteiger partial charge in [-0.1, -0.05) is 0 Å². The quantitative estimate of drug-likeness (QED) is 0.478. The fraction of sp³-hybridized carbons (Fsp3) is 0.800. The fourth-order valence-corrected chi connectivity index (χ4v) is 1.49. The standard InChI is InChI=1S/C10H18N2O4/c13-5-7-16-6-1-4-11-10(15)8-2-3-9(14)12-8/h8,13H,1-7H2,(H,11,15)(H,12,14). The van der Waals surface area contributed by atoms with E-state index in [9.17, 15) is 9.59 Å². The van der Waals surface area contributed by atoms with E-state index in [2.05, 4.69) is 10.6 Å². The minimum atomic E-state index is -0.370. The highest BCUT2D eigenvalue weighted by atomic mass is 16.5. The highest BCUT2D eigenvalue weighted by Crippen LogP contribution is 2.05. The number of aliphatic hydroxyl groups excluding tert-OH is 1. The van der Waals surface area contributed by atoms with Gasteiger partial charge in [0, 0.05) is 19.6 Å². The van der Waals surface area contributed by atoms with Crippen LogP contribution in [0.25, 0.3) is 0 Å². The zero-order chi connectivity index (χ0) is 11.8. The first kappa shape index (κ1) is 12.9. The van der Waals surface area contributed by atoms with Crippen molar-refractivity contribution in [3.8, 4) is 0 Å². The fourth-order valence-electron chi connectivity index (χ4n) is 1.49. The minimum Gasteiger partial charge on any atom is -0.394 e. The molecule has 1 aliphatic rings. The van der Waals surface area contributed by atoms with Crippen LogP contribution in [0, 0.1) is 0 Å². The second-order valence-corrected chi connectivity index (χ2v) is 3.64. The van der Waals surface area contributed by atoms with Gasteiger partial charge in [-0.15, -0.1) is 0 Å². The van der Waals surface area contributed by atoms with Crippen LogP contribution in [0.5, 0.6) is 0 Å². The first-order valence-electron chi connectivity index (χ1n) is 5.49. The molecule has 0 radical (unpaired) electrons. The van der Waals surface area contributed by atoms with E-state index >= 15 is 0 Å². The number of hydrogen-bond donors (Lipinski definition) is 3. The Hall–Kier alpha value is -1.14. The van der Waals surface area contributed by atoms with E-state index in [-0.39, 0.29) is 24.5 Å². The number of ether oxygens (including phenoxy) is 1. The van der Waals surface area contributed by atoms with Gasteiger partial charge in [-0.25, -0.2) is 0 Å². The molecule has 1 saturated heterocycles. The highest BCUT2D eigenvalue weighted by molar-refractivity contribution is 5.90. The summed E-state index contributed by atoms with van der Waals surface area (Å²) in [5.74, 6) is -0.195. The third-order valence-electron chi connectivity index (χ3n) is 2.31. The molecule has 1 heterocycles. The van der Waals surface area contributed by atoms with Gasteiger partial charge in [0.2, 0.25) is 11.8 Å². The molecule has 1 atom stereocenters. The van der Waals surface area contributed by atoms with Crippen molar-refractivity contribution in [3.05, 3.63) is 0 Å². The lowest BCUT2D eigenvalue weighted by molar-refractivity contribution is -0.125. The summed E-state index contributed by atoms with van der Waals surface area (Å²) < 4.78 is 5.04. The molecule has 0 spiro atoms. The van der Waals surface area contributed by atoms with E-state index in [0.717, 1.165) is 0 Å². The molecule has 6 nitrogen and oxygen atoms in total. The molecule has 0 aromatic heterocycles. The van der Waals surface area contributed by atoms with Gasteiger partial charge < -0.3 is 20.5 Å². The molecular weight excluding hydrogens is 212 g/mol. The maximum absolute atomic E-state index is 11.5. The predicted octanol–water partition coefficient (Wildman–Crippen LogP) is -1.22. The SMILES string of the molecule is O=C1CCC(C(=O)NCCCOCCO)N1. The molecule has 0 aromatic rings. The van der Waals surface area contributed by atoms with Crippen LogP contribution in [-0.4, -0.2) is 49.3 Å². The van der Waals surface area contributed by atoms with E-state index < -0.39 is 0 Å². The largest absolute Gasteiger partial charge is 0.394 e. The van der Waals surface area contributed by atoms with Crippen LogP contribution in [0.1, 0.15) is 19.3 Å². The Kier molecular flexibility index (Phi) is 5.81. The average Bonchev–Trinajstić information content (AvgIpc) is 2.70. The van der Waals surface area contributed by atoms with Gasteiger partial charge >= 0.3 is 0 Å². The summed E-state index contributed by atoms with van der Waals surface area (Å²) in [6, 6.07) is -0.370. The van der Waals surface area contributed by atoms with Crippen LogP contribution in [0.4, 0.5) is 0 Å². The van der Waals surface area contributed by atoms with Gasteiger partial charge in [0.25, 0.3) is 0 Å². The molecule has 0 saturated carbocycles. The molecular formula is C10H18N2O4. The molecule has 6 heteroatoms. The number of carbonyl (C=O) groups excluding carboxylic acids is 2. The molecule has 16 heavy (non-hydrogen) atoms. The lowest BCUT2D eigenvalue weighted by Gasteiger charge is -2.10. The molecule has 3 N–H and O–H groups in total. The molecule has 1 rings (SSSR count). The lowest BCUT2D eigenvalue weighted by Crippen LogP contribution is -2.42. The van der Waals surface area contributed by atoms with E-state index in [1.807, 2.05) is 0 Å². The van der Waals surface area contributed by atoms with Crippen molar-refractivity contribution >= 4 is 11.8 Å². The number of amides is 2. The highest BCUT2D eigenvalue weighted by Gasteiger charge is 2.26. The smallest absolute Gasteiger partial charge is 0.242 e. The van der Waals surface area contributed by atoms with Crippen LogP contribution in [0.15, 0.2) is 0 Å². The van der Waals surface area contributed by atoms with Crippen molar-refractivity contribution in [3.63, 3.8) is 0 Å². The van der Waals surface area contributed by atoms with E-state index in [1.54, 1.807) is 0 Å². The van der Waals surface area contributed by atoms with Crippen molar-refractivity contribution in [1.29, 1.82) is 0 Å². The predicted molar refractivity (Wildman–Crippen MR) is 56.7 cm³/mol. The van der Waals surface area contributed by atoms with Crippen molar-refractivity contribution < 1.29 is 19.4 Å². The zero-order valence-electron chi connectivity index (χ0n) is 9.20. The summed E-state index contributed by atoms with van der Waals surface area (Å²) in [4.78, 5) is 22.3. The summed E-state index contributed by atoms with van der Waals surface area (Å²) in [5.41, 5.74) is 0. The summed E-state index contributed by atoms with van der Waals surface area (Å²) in [6.07, 6.45) is 1.70. The molecule has 1 aliphatic heterocycles. The van der Waals surface area contributed by atoms with Crippen molar-refractivity contribution in [2.24, 2.45) is 0 Å². The molecule has 0 aliphatic carbocycles. The van der Waals surface area contributed by atoms with Gasteiger partial charge in [-0.3, -0.25) is 9.59 Å². The topological polar surface area (TPSA) is 87.7 Å². The maximum Gasteiger partial charge on any atom is 0.242 e. The van der Waals surface area contributed by atoms with Crippen molar-refractivity contribution in [2.75, 3.05) is 26.4 Å². The van der Waals surface area contributed by atoms with Crippen molar-refractivity contribution in [2.45, 2.75) is 25.3 Å². The average molecular weight is 230 g/mol. The molecule has 2 amide bonds. The summed E-state index contributed by atoms with van der Waals surface area (Å²) in [6.45, 7) is 1.38. The molecule has 0 bridgehead atoms. The number of hydrogen-bond acceptors (Lipinski definition) is 4. The lowest BCUT2D eigenvalue weighted by atomic mass is 10.2. The summed E-state index contributed by atoms with van der Waals surface area (Å²) in [5, 5.41) is 13.8. The van der Waals surface area contributed by atoms with Crippen LogP contribution < -0.4 is 10.6 Å². The second kappa shape index (κ2) is 7.19. The maximum atomic E-state index is 11.5. The van der Waals surface area contributed by atoms with E-state index in [1.165, 1.54) is 0 Å². The van der Waals surface area contributed by atoms with Gasteiger partial charge in [-0.05, 0) is 12.8 Å². The first-order chi connectivity index (χ1) is 7.74. The van der Waals surface area contributed by atoms with Gasteiger partial charge in [0.15, 0.2) is 0 Å².